The maximum atomic E-state index is 11.6. The number of hydrogen-bond acceptors (Lipinski definition) is 3. The Balaban J connectivity index is 1.73. The van der Waals surface area contributed by atoms with Crippen LogP contribution in [0.1, 0.15) is 5.56 Å². The number of hydrogen-bond donors (Lipinski definition) is 1. The lowest BCUT2D eigenvalue weighted by molar-refractivity contribution is -0.145. The molecule has 3 rings (SSSR count). The van der Waals surface area contributed by atoms with Crippen LogP contribution in [0.5, 0.6) is 11.5 Å². The molecule has 0 heterocycles. The van der Waals surface area contributed by atoms with Crippen LogP contribution in [0.2, 0.25) is 5.02 Å². The van der Waals surface area contributed by atoms with Crippen molar-refractivity contribution >= 4 is 17.6 Å². The second-order valence-corrected chi connectivity index (χ2v) is 6.42. The van der Waals surface area contributed by atoms with E-state index in [-0.39, 0.29) is 6.42 Å². The number of carboxylic acid groups (broad SMARTS) is 1. The van der Waals surface area contributed by atoms with E-state index in [1.54, 1.807) is 30.3 Å². The summed E-state index contributed by atoms with van der Waals surface area (Å²) in [4.78, 5) is 11.6. The van der Waals surface area contributed by atoms with E-state index in [0.717, 1.165) is 16.7 Å². The van der Waals surface area contributed by atoms with Crippen molar-refractivity contribution in [3.63, 3.8) is 0 Å². The van der Waals surface area contributed by atoms with Gasteiger partial charge in [0.1, 0.15) is 11.5 Å². The first-order valence-corrected chi connectivity index (χ1v) is 8.82. The van der Waals surface area contributed by atoms with Crippen molar-refractivity contribution in [2.24, 2.45) is 0 Å². The number of ether oxygens (including phenoxy) is 2. The van der Waals surface area contributed by atoms with Gasteiger partial charge < -0.3 is 14.6 Å². The molecule has 1 atom stereocenters. The molecule has 0 radical (unpaired) electrons. The van der Waals surface area contributed by atoms with Crippen molar-refractivity contribution in [3.05, 3.63) is 83.4 Å². The number of methoxy groups -OCH3 is 1. The smallest absolute Gasteiger partial charge is 0.345 e. The van der Waals surface area contributed by atoms with Crippen molar-refractivity contribution in [1.29, 1.82) is 0 Å². The van der Waals surface area contributed by atoms with Gasteiger partial charge in [-0.25, -0.2) is 4.79 Å². The highest BCUT2D eigenvalue weighted by Crippen LogP contribution is 2.27. The summed E-state index contributed by atoms with van der Waals surface area (Å²) in [5.74, 6) is 0.0143. The second kappa shape index (κ2) is 8.60. The maximum Gasteiger partial charge on any atom is 0.345 e. The molecule has 0 unspecified atom stereocenters. The van der Waals surface area contributed by atoms with Crippen LogP contribution in [0.3, 0.4) is 0 Å². The summed E-state index contributed by atoms with van der Waals surface area (Å²) in [5.41, 5.74) is 2.89. The van der Waals surface area contributed by atoms with Gasteiger partial charge >= 0.3 is 5.97 Å². The van der Waals surface area contributed by atoms with E-state index in [1.165, 1.54) is 7.11 Å². The minimum atomic E-state index is -1.03. The molecule has 27 heavy (non-hydrogen) atoms. The van der Waals surface area contributed by atoms with Crippen molar-refractivity contribution in [1.82, 2.24) is 0 Å². The van der Waals surface area contributed by atoms with E-state index in [9.17, 15) is 9.90 Å². The minimum Gasteiger partial charge on any atom is -0.495 e. The van der Waals surface area contributed by atoms with Gasteiger partial charge in [-0.3, -0.25) is 0 Å². The third kappa shape index (κ3) is 4.80. The first-order valence-electron chi connectivity index (χ1n) is 8.44. The van der Waals surface area contributed by atoms with Crippen molar-refractivity contribution in [2.75, 3.05) is 7.11 Å². The summed E-state index contributed by atoms with van der Waals surface area (Å²) in [7, 11) is 1.53. The van der Waals surface area contributed by atoms with E-state index in [4.69, 9.17) is 21.1 Å². The summed E-state index contributed by atoms with van der Waals surface area (Å²) in [6.07, 6.45) is -0.823. The molecule has 3 aromatic carbocycles. The number of benzene rings is 3. The van der Waals surface area contributed by atoms with E-state index < -0.39 is 12.1 Å². The predicted octanol–water partition coefficient (Wildman–Crippen LogP) is 5.09. The topological polar surface area (TPSA) is 55.8 Å². The lowest BCUT2D eigenvalue weighted by atomic mass is 10.1. The van der Waals surface area contributed by atoms with Gasteiger partial charge in [0.2, 0.25) is 0 Å². The van der Waals surface area contributed by atoms with Gasteiger partial charge in [0.05, 0.1) is 12.1 Å². The molecule has 3 aromatic rings. The molecule has 0 aliphatic rings. The fraction of sp³-hybridized carbons (Fsp3) is 0.136. The molecule has 0 saturated carbocycles. The van der Waals surface area contributed by atoms with Crippen molar-refractivity contribution in [3.8, 4) is 22.6 Å². The van der Waals surface area contributed by atoms with Crippen LogP contribution in [-0.2, 0) is 11.2 Å². The standard InChI is InChI=1S/C22H19ClO4/c1-26-20-12-7-15(13-19(20)23)14-21(22(24)25)27-18-10-8-17(9-11-18)16-5-3-2-4-6-16/h2-13,21H,14H2,1H3,(H,24,25)/t21-/m0/s1. The Hall–Kier alpha value is -2.98. The monoisotopic (exact) mass is 382 g/mol. The average molecular weight is 383 g/mol. The molecule has 138 valence electrons. The molecule has 1 N–H and O–H groups in total. The highest BCUT2D eigenvalue weighted by atomic mass is 35.5. The molecular weight excluding hydrogens is 364 g/mol. The molecular formula is C22H19ClO4. The number of halogens is 1. The second-order valence-electron chi connectivity index (χ2n) is 6.01. The summed E-state index contributed by atoms with van der Waals surface area (Å²) < 4.78 is 10.8. The lowest BCUT2D eigenvalue weighted by Gasteiger charge is -2.16. The first kappa shape index (κ1) is 18.8. The van der Waals surface area contributed by atoms with Crippen LogP contribution >= 0.6 is 11.6 Å². The molecule has 0 spiro atoms. The number of aliphatic carboxylic acids is 1. The number of carboxylic acids is 1. The van der Waals surface area contributed by atoms with Gasteiger partial charge in [-0.15, -0.1) is 0 Å². The average Bonchev–Trinajstić information content (AvgIpc) is 2.69. The van der Waals surface area contributed by atoms with Gasteiger partial charge in [-0.1, -0.05) is 60.1 Å². The Morgan fingerprint density at radius 1 is 1.00 bits per heavy atom. The van der Waals surface area contributed by atoms with Crippen LogP contribution in [0, 0.1) is 0 Å². The molecule has 0 amide bonds. The third-order valence-electron chi connectivity index (χ3n) is 4.15. The fourth-order valence-corrected chi connectivity index (χ4v) is 3.03. The largest absolute Gasteiger partial charge is 0.495 e. The van der Waals surface area contributed by atoms with E-state index in [2.05, 4.69) is 0 Å². The molecule has 0 aliphatic heterocycles. The Bertz CT molecular complexity index is 907. The zero-order chi connectivity index (χ0) is 19.2. The highest BCUT2D eigenvalue weighted by molar-refractivity contribution is 6.32. The molecule has 0 saturated heterocycles. The molecule has 4 nitrogen and oxygen atoms in total. The minimum absolute atomic E-state index is 0.194. The van der Waals surface area contributed by atoms with Crippen LogP contribution in [-0.4, -0.2) is 24.3 Å². The highest BCUT2D eigenvalue weighted by Gasteiger charge is 2.20. The van der Waals surface area contributed by atoms with Gasteiger partial charge in [-0.2, -0.15) is 0 Å². The van der Waals surface area contributed by atoms with Crippen molar-refractivity contribution < 1.29 is 19.4 Å². The zero-order valence-corrected chi connectivity index (χ0v) is 15.5. The molecule has 0 aliphatic carbocycles. The zero-order valence-electron chi connectivity index (χ0n) is 14.8. The molecule has 0 bridgehead atoms. The van der Waals surface area contributed by atoms with Crippen LogP contribution in [0.15, 0.2) is 72.8 Å². The number of rotatable bonds is 7. The van der Waals surface area contributed by atoms with E-state index in [1.807, 2.05) is 42.5 Å². The Morgan fingerprint density at radius 3 is 2.26 bits per heavy atom. The van der Waals surface area contributed by atoms with Gasteiger partial charge in [0.15, 0.2) is 6.10 Å². The van der Waals surface area contributed by atoms with E-state index in [0.29, 0.717) is 16.5 Å². The molecule has 5 heteroatoms. The first-order chi connectivity index (χ1) is 13.1. The molecule has 0 aromatic heterocycles. The third-order valence-corrected chi connectivity index (χ3v) is 4.45. The summed E-state index contributed by atoms with van der Waals surface area (Å²) in [5, 5.41) is 9.95. The SMILES string of the molecule is COc1ccc(C[C@H](Oc2ccc(-c3ccccc3)cc2)C(=O)O)cc1Cl. The van der Waals surface area contributed by atoms with Gasteiger partial charge in [-0.05, 0) is 41.0 Å². The Labute approximate surface area is 162 Å². The van der Waals surface area contributed by atoms with Crippen LogP contribution < -0.4 is 9.47 Å². The van der Waals surface area contributed by atoms with E-state index >= 15 is 0 Å². The van der Waals surface area contributed by atoms with Crippen LogP contribution in [0.25, 0.3) is 11.1 Å². The fourth-order valence-electron chi connectivity index (χ4n) is 2.75. The van der Waals surface area contributed by atoms with Gasteiger partial charge in [0, 0.05) is 6.42 Å². The Morgan fingerprint density at radius 2 is 1.67 bits per heavy atom. The lowest BCUT2D eigenvalue weighted by Crippen LogP contribution is -2.29. The predicted molar refractivity (Wildman–Crippen MR) is 106 cm³/mol. The number of carbonyl (C=O) groups is 1. The van der Waals surface area contributed by atoms with Gasteiger partial charge in [0.25, 0.3) is 0 Å². The Kier molecular flexibility index (Phi) is 5.99. The normalized spacial score (nSPS) is 11.6. The molecule has 0 fully saturated rings. The summed E-state index contributed by atoms with van der Waals surface area (Å²) in [6, 6.07) is 22.5. The van der Waals surface area contributed by atoms with Crippen molar-refractivity contribution in [2.45, 2.75) is 12.5 Å². The quantitative estimate of drug-likeness (QED) is 0.618. The maximum absolute atomic E-state index is 11.6. The van der Waals surface area contributed by atoms with Crippen LogP contribution in [0.4, 0.5) is 0 Å². The summed E-state index contributed by atoms with van der Waals surface area (Å²) >= 11 is 6.12. The summed E-state index contributed by atoms with van der Waals surface area (Å²) in [6.45, 7) is 0.